The molecule has 2 aliphatic rings. The average Bonchev–Trinajstić information content (AvgIpc) is 3.38. The van der Waals surface area contributed by atoms with E-state index in [-0.39, 0.29) is 18.3 Å². The third kappa shape index (κ3) is 3.48. The zero-order chi connectivity index (χ0) is 21.4. The van der Waals surface area contributed by atoms with Gasteiger partial charge in [0.05, 0.1) is 42.5 Å². The van der Waals surface area contributed by atoms with Crippen molar-refractivity contribution in [3.8, 4) is 11.8 Å². The van der Waals surface area contributed by atoms with Gasteiger partial charge in [-0.25, -0.2) is 9.37 Å². The lowest BCUT2D eigenvalue weighted by atomic mass is 9.86. The molecule has 0 radical (unpaired) electrons. The van der Waals surface area contributed by atoms with E-state index in [2.05, 4.69) is 4.98 Å². The highest BCUT2D eigenvalue weighted by Crippen LogP contribution is 2.47. The van der Waals surface area contributed by atoms with Crippen LogP contribution in [-0.4, -0.2) is 27.6 Å². The normalized spacial score (nSPS) is 25.1. The number of aromatic nitrogens is 2. The van der Waals surface area contributed by atoms with Crippen molar-refractivity contribution in [3.05, 3.63) is 83.2 Å². The highest BCUT2D eigenvalue weighted by Gasteiger charge is 2.45. The smallest absolute Gasteiger partial charge is 0.199 e. The maximum absolute atomic E-state index is 14.8. The molecule has 0 aliphatic carbocycles. The maximum Gasteiger partial charge on any atom is 0.199 e. The molecule has 0 bridgehead atoms. The van der Waals surface area contributed by atoms with Gasteiger partial charge in [-0.3, -0.25) is 0 Å². The Hall–Kier alpha value is -3.21. The Balaban J connectivity index is 1.48. The van der Waals surface area contributed by atoms with Crippen LogP contribution in [0.25, 0.3) is 0 Å². The fourth-order valence-electron chi connectivity index (χ4n) is 4.53. The van der Waals surface area contributed by atoms with Crippen LogP contribution in [0.3, 0.4) is 0 Å². The second-order valence-electron chi connectivity index (χ2n) is 8.06. The Morgan fingerprint density at radius 1 is 1.26 bits per heavy atom. The molecule has 0 spiro atoms. The molecule has 3 atom stereocenters. The first kappa shape index (κ1) is 19.7. The van der Waals surface area contributed by atoms with E-state index in [4.69, 9.17) is 14.7 Å². The molecule has 1 aromatic heterocycles. The standard InChI is InChI=1S/C24H22FN3O3/c25-20-10-16(13-26)7-8-19(20)21-12-24(29,22-14-27-15-28(21)22)17-4-3-5-18(11-17)31-23-6-1-2-9-30-23/h3-5,7-8,10-11,14-15,21,23,29H,1-2,6,9,12H2/t21-,23?,24?/m1/s1. The molecule has 1 fully saturated rings. The Morgan fingerprint density at radius 3 is 2.94 bits per heavy atom. The van der Waals surface area contributed by atoms with Crippen molar-refractivity contribution >= 4 is 0 Å². The van der Waals surface area contributed by atoms with E-state index in [1.165, 1.54) is 6.07 Å². The number of rotatable bonds is 4. The molecule has 0 amide bonds. The molecule has 3 heterocycles. The Bertz CT molecular complexity index is 1150. The van der Waals surface area contributed by atoms with E-state index >= 15 is 0 Å². The van der Waals surface area contributed by atoms with Crippen molar-refractivity contribution in [2.24, 2.45) is 0 Å². The van der Waals surface area contributed by atoms with E-state index in [0.717, 1.165) is 19.3 Å². The Labute approximate surface area is 179 Å². The monoisotopic (exact) mass is 419 g/mol. The predicted octanol–water partition coefficient (Wildman–Crippen LogP) is 4.03. The predicted molar refractivity (Wildman–Crippen MR) is 110 cm³/mol. The first-order chi connectivity index (χ1) is 15.1. The minimum Gasteiger partial charge on any atom is -0.465 e. The third-order valence-corrected chi connectivity index (χ3v) is 6.12. The van der Waals surface area contributed by atoms with Crippen LogP contribution in [0, 0.1) is 17.1 Å². The molecule has 5 rings (SSSR count). The summed E-state index contributed by atoms with van der Waals surface area (Å²) < 4.78 is 28.2. The molecule has 158 valence electrons. The summed E-state index contributed by atoms with van der Waals surface area (Å²) in [5.41, 5.74) is 0.563. The fraction of sp³-hybridized carbons (Fsp3) is 0.333. The van der Waals surface area contributed by atoms with Crippen molar-refractivity contribution in [2.75, 3.05) is 6.61 Å². The molecular weight excluding hydrogens is 397 g/mol. The zero-order valence-corrected chi connectivity index (χ0v) is 16.9. The molecule has 2 aromatic carbocycles. The van der Waals surface area contributed by atoms with Gasteiger partial charge in [-0.15, -0.1) is 0 Å². The molecule has 6 nitrogen and oxygen atoms in total. The van der Waals surface area contributed by atoms with Gasteiger partial charge in [-0.1, -0.05) is 18.2 Å². The number of imidazole rings is 1. The number of benzene rings is 2. The van der Waals surface area contributed by atoms with E-state index in [9.17, 15) is 9.50 Å². The largest absolute Gasteiger partial charge is 0.465 e. The summed E-state index contributed by atoms with van der Waals surface area (Å²) in [4.78, 5) is 4.20. The van der Waals surface area contributed by atoms with Gasteiger partial charge < -0.3 is 19.1 Å². The van der Waals surface area contributed by atoms with Gasteiger partial charge in [-0.05, 0) is 42.7 Å². The SMILES string of the molecule is N#Cc1ccc([C@H]2CC(O)(c3cccc(OC4CCCCO4)c3)c3cncn32)c(F)c1. The van der Waals surface area contributed by atoms with Crippen LogP contribution in [0.4, 0.5) is 4.39 Å². The van der Waals surface area contributed by atoms with Gasteiger partial charge >= 0.3 is 0 Å². The van der Waals surface area contributed by atoms with Gasteiger partial charge in [0.2, 0.25) is 0 Å². The van der Waals surface area contributed by atoms with Crippen LogP contribution < -0.4 is 4.74 Å². The fourth-order valence-corrected chi connectivity index (χ4v) is 4.53. The van der Waals surface area contributed by atoms with Crippen molar-refractivity contribution in [3.63, 3.8) is 0 Å². The van der Waals surface area contributed by atoms with Crippen LogP contribution in [0.2, 0.25) is 0 Å². The number of nitrogens with zero attached hydrogens (tertiary/aromatic N) is 3. The first-order valence-corrected chi connectivity index (χ1v) is 10.4. The summed E-state index contributed by atoms with van der Waals surface area (Å²) in [7, 11) is 0. The van der Waals surface area contributed by atoms with Crippen LogP contribution >= 0.6 is 0 Å². The van der Waals surface area contributed by atoms with Crippen molar-refractivity contribution in [1.82, 2.24) is 9.55 Å². The summed E-state index contributed by atoms with van der Waals surface area (Å²) in [6.07, 6.45) is 6.11. The van der Waals surface area contributed by atoms with E-state index in [1.54, 1.807) is 29.2 Å². The molecule has 2 unspecified atom stereocenters. The van der Waals surface area contributed by atoms with Crippen molar-refractivity contribution in [2.45, 2.75) is 43.6 Å². The molecule has 3 aromatic rings. The van der Waals surface area contributed by atoms with Gasteiger partial charge in [-0.2, -0.15) is 5.26 Å². The van der Waals surface area contributed by atoms with E-state index in [1.807, 2.05) is 30.3 Å². The highest BCUT2D eigenvalue weighted by atomic mass is 19.1. The topological polar surface area (TPSA) is 80.3 Å². The molecule has 2 aliphatic heterocycles. The molecule has 1 N–H and O–H groups in total. The number of ether oxygens (including phenoxy) is 2. The maximum atomic E-state index is 14.8. The summed E-state index contributed by atoms with van der Waals surface area (Å²) in [6.45, 7) is 0.686. The summed E-state index contributed by atoms with van der Waals surface area (Å²) in [6, 6.07) is 13.2. The number of hydrogen-bond donors (Lipinski definition) is 1. The molecule has 0 saturated carbocycles. The third-order valence-electron chi connectivity index (χ3n) is 6.12. The zero-order valence-electron chi connectivity index (χ0n) is 16.9. The van der Waals surface area contributed by atoms with Crippen molar-refractivity contribution < 1.29 is 19.0 Å². The lowest BCUT2D eigenvalue weighted by molar-refractivity contribution is -0.106. The molecular formula is C24H22FN3O3. The van der Waals surface area contributed by atoms with Gasteiger partial charge in [0.25, 0.3) is 0 Å². The van der Waals surface area contributed by atoms with Gasteiger partial charge in [0, 0.05) is 18.4 Å². The first-order valence-electron chi connectivity index (χ1n) is 10.4. The quantitative estimate of drug-likeness (QED) is 0.691. The van der Waals surface area contributed by atoms with E-state index < -0.39 is 17.5 Å². The average molecular weight is 419 g/mol. The Kier molecular flexibility index (Phi) is 4.97. The van der Waals surface area contributed by atoms with Gasteiger partial charge in [0.1, 0.15) is 17.2 Å². The van der Waals surface area contributed by atoms with E-state index in [0.29, 0.717) is 29.2 Å². The summed E-state index contributed by atoms with van der Waals surface area (Å²) in [5.74, 6) is 0.149. The van der Waals surface area contributed by atoms with Crippen LogP contribution in [0.15, 0.2) is 55.0 Å². The second-order valence-corrected chi connectivity index (χ2v) is 8.06. The molecule has 31 heavy (non-hydrogen) atoms. The van der Waals surface area contributed by atoms with Gasteiger partial charge in [0.15, 0.2) is 6.29 Å². The highest BCUT2D eigenvalue weighted by molar-refractivity contribution is 5.43. The summed E-state index contributed by atoms with van der Waals surface area (Å²) in [5, 5.41) is 20.8. The number of halogens is 1. The number of nitriles is 1. The van der Waals surface area contributed by atoms with Crippen LogP contribution in [0.1, 0.15) is 54.1 Å². The lowest BCUT2D eigenvalue weighted by Gasteiger charge is -2.26. The minimum absolute atomic E-state index is 0.247. The molecule has 1 saturated heterocycles. The lowest BCUT2D eigenvalue weighted by Crippen LogP contribution is -2.26. The van der Waals surface area contributed by atoms with Crippen molar-refractivity contribution in [1.29, 1.82) is 5.26 Å². The number of hydrogen-bond acceptors (Lipinski definition) is 5. The molecule has 7 heteroatoms. The van der Waals surface area contributed by atoms with Crippen LogP contribution in [-0.2, 0) is 10.3 Å². The number of aliphatic hydroxyl groups is 1. The Morgan fingerprint density at radius 2 is 2.16 bits per heavy atom. The second kappa shape index (κ2) is 7.80. The minimum atomic E-state index is -1.35. The van der Waals surface area contributed by atoms with Crippen LogP contribution in [0.5, 0.6) is 5.75 Å². The number of fused-ring (bicyclic) bond motifs is 1. The summed E-state index contributed by atoms with van der Waals surface area (Å²) >= 11 is 0.